The quantitative estimate of drug-likeness (QED) is 0.754. The van der Waals surface area contributed by atoms with Crippen molar-refractivity contribution >= 4 is 6.09 Å². The molecule has 94 valence electrons. The molecule has 16 heavy (non-hydrogen) atoms. The van der Waals surface area contributed by atoms with Crippen LogP contribution in [0.15, 0.2) is 0 Å². The van der Waals surface area contributed by atoms with Gasteiger partial charge in [-0.25, -0.2) is 4.79 Å². The molecule has 2 atom stereocenters. The molecular weight excluding hydrogens is 208 g/mol. The normalized spacial score (nSPS) is 25.5. The van der Waals surface area contributed by atoms with Crippen LogP contribution in [0.3, 0.4) is 0 Å². The first kappa shape index (κ1) is 13.3. The van der Waals surface area contributed by atoms with Gasteiger partial charge in [-0.05, 0) is 27.2 Å². The lowest BCUT2D eigenvalue weighted by Gasteiger charge is -2.21. The van der Waals surface area contributed by atoms with Gasteiger partial charge in [0.15, 0.2) is 0 Å². The van der Waals surface area contributed by atoms with E-state index < -0.39 is 5.60 Å². The van der Waals surface area contributed by atoms with E-state index in [0.29, 0.717) is 19.0 Å². The van der Waals surface area contributed by atoms with Gasteiger partial charge in [0.25, 0.3) is 0 Å². The highest BCUT2D eigenvalue weighted by Crippen LogP contribution is 2.19. The van der Waals surface area contributed by atoms with Crippen LogP contribution in [0.25, 0.3) is 0 Å². The first-order valence-electron chi connectivity index (χ1n) is 5.71. The lowest BCUT2D eigenvalue weighted by Crippen LogP contribution is -2.38. The Balaban J connectivity index is 2.26. The number of rotatable bonds is 3. The van der Waals surface area contributed by atoms with E-state index in [-0.39, 0.29) is 12.2 Å². The molecule has 1 rings (SSSR count). The molecule has 0 aromatic heterocycles. The van der Waals surface area contributed by atoms with E-state index in [2.05, 4.69) is 5.32 Å². The predicted molar refractivity (Wildman–Crippen MR) is 61.1 cm³/mol. The fourth-order valence-electron chi connectivity index (χ4n) is 1.72. The van der Waals surface area contributed by atoms with Crippen LogP contribution >= 0.6 is 0 Å². The Morgan fingerprint density at radius 3 is 2.81 bits per heavy atom. The van der Waals surface area contributed by atoms with E-state index in [1.165, 1.54) is 0 Å². The second-order valence-corrected chi connectivity index (χ2v) is 5.08. The van der Waals surface area contributed by atoms with Gasteiger partial charge >= 0.3 is 6.09 Å². The van der Waals surface area contributed by atoms with Gasteiger partial charge < -0.3 is 20.5 Å². The number of carbonyl (C=O) groups is 1. The van der Waals surface area contributed by atoms with Crippen LogP contribution in [0.1, 0.15) is 27.2 Å². The van der Waals surface area contributed by atoms with Gasteiger partial charge in [0, 0.05) is 25.6 Å². The summed E-state index contributed by atoms with van der Waals surface area (Å²) in [6, 6.07) is 0. The lowest BCUT2D eigenvalue weighted by molar-refractivity contribution is 0.0501. The van der Waals surface area contributed by atoms with Crippen molar-refractivity contribution in [2.45, 2.75) is 38.9 Å². The van der Waals surface area contributed by atoms with Crippen molar-refractivity contribution in [1.82, 2.24) is 5.32 Å². The van der Waals surface area contributed by atoms with E-state index in [4.69, 9.17) is 15.2 Å². The number of alkyl carbamates (subject to hydrolysis) is 1. The zero-order chi connectivity index (χ0) is 12.2. The number of nitrogens with two attached hydrogens (primary N) is 1. The maximum absolute atomic E-state index is 11.4. The fraction of sp³-hybridized carbons (Fsp3) is 0.909. The molecule has 0 bridgehead atoms. The van der Waals surface area contributed by atoms with Crippen LogP contribution in [0, 0.1) is 5.92 Å². The van der Waals surface area contributed by atoms with Crippen molar-refractivity contribution in [1.29, 1.82) is 0 Å². The summed E-state index contributed by atoms with van der Waals surface area (Å²) in [6.45, 7) is 7.32. The minimum absolute atomic E-state index is 0.0648. The summed E-state index contributed by atoms with van der Waals surface area (Å²) < 4.78 is 10.6. The van der Waals surface area contributed by atoms with E-state index in [1.807, 2.05) is 20.8 Å². The lowest BCUT2D eigenvalue weighted by atomic mass is 10.0. The topological polar surface area (TPSA) is 73.6 Å². The van der Waals surface area contributed by atoms with Crippen molar-refractivity contribution in [3.8, 4) is 0 Å². The molecule has 0 aliphatic carbocycles. The highest BCUT2D eigenvalue weighted by Gasteiger charge is 2.27. The molecule has 1 amide bonds. The van der Waals surface area contributed by atoms with Gasteiger partial charge in [-0.3, -0.25) is 0 Å². The Morgan fingerprint density at radius 2 is 2.25 bits per heavy atom. The molecule has 0 spiro atoms. The molecule has 1 saturated heterocycles. The Labute approximate surface area is 96.7 Å². The van der Waals surface area contributed by atoms with Gasteiger partial charge in [0.2, 0.25) is 0 Å². The molecule has 1 fully saturated rings. The van der Waals surface area contributed by atoms with Crippen LogP contribution in [-0.4, -0.2) is 37.5 Å². The van der Waals surface area contributed by atoms with Crippen LogP contribution in [0.5, 0.6) is 0 Å². The number of nitrogens with one attached hydrogen (secondary N) is 1. The first-order chi connectivity index (χ1) is 7.42. The molecule has 0 saturated carbocycles. The van der Waals surface area contributed by atoms with Crippen LogP contribution in [0.4, 0.5) is 4.79 Å². The van der Waals surface area contributed by atoms with E-state index >= 15 is 0 Å². The summed E-state index contributed by atoms with van der Waals surface area (Å²) in [6.07, 6.45) is 0.627. The smallest absolute Gasteiger partial charge is 0.407 e. The molecule has 0 aromatic carbocycles. The van der Waals surface area contributed by atoms with Crippen molar-refractivity contribution in [2.24, 2.45) is 11.7 Å². The number of amides is 1. The Morgan fingerprint density at radius 1 is 1.56 bits per heavy atom. The van der Waals surface area contributed by atoms with Gasteiger partial charge in [0.05, 0.1) is 6.10 Å². The molecule has 5 nitrogen and oxygen atoms in total. The van der Waals surface area contributed by atoms with Gasteiger partial charge in [-0.1, -0.05) is 0 Å². The minimum Gasteiger partial charge on any atom is -0.444 e. The Hall–Kier alpha value is -0.810. The Kier molecular flexibility index (Phi) is 4.56. The summed E-state index contributed by atoms with van der Waals surface area (Å²) >= 11 is 0. The minimum atomic E-state index is -0.455. The van der Waals surface area contributed by atoms with Crippen molar-refractivity contribution in [2.75, 3.05) is 19.7 Å². The highest BCUT2D eigenvalue weighted by molar-refractivity contribution is 5.67. The van der Waals surface area contributed by atoms with Crippen molar-refractivity contribution in [3.05, 3.63) is 0 Å². The number of hydrogen-bond donors (Lipinski definition) is 2. The highest BCUT2D eigenvalue weighted by atomic mass is 16.6. The number of hydrogen-bond acceptors (Lipinski definition) is 4. The molecular formula is C11H22N2O3. The second kappa shape index (κ2) is 5.50. The van der Waals surface area contributed by atoms with Gasteiger partial charge in [-0.15, -0.1) is 0 Å². The third-order valence-corrected chi connectivity index (χ3v) is 2.49. The molecule has 1 heterocycles. The summed E-state index contributed by atoms with van der Waals surface area (Å²) in [7, 11) is 0. The number of ether oxygens (including phenoxy) is 2. The number of carbonyl (C=O) groups excluding carboxylic acids is 1. The SMILES string of the molecule is CC(C)(C)OC(=O)NC[C@H]1CCO[C@@H]1CN. The van der Waals surface area contributed by atoms with Crippen LogP contribution < -0.4 is 11.1 Å². The van der Waals surface area contributed by atoms with Crippen LogP contribution in [0.2, 0.25) is 0 Å². The van der Waals surface area contributed by atoms with E-state index in [0.717, 1.165) is 13.0 Å². The van der Waals surface area contributed by atoms with Crippen molar-refractivity contribution in [3.63, 3.8) is 0 Å². The molecule has 0 radical (unpaired) electrons. The maximum atomic E-state index is 11.4. The first-order valence-corrected chi connectivity index (χ1v) is 5.71. The summed E-state index contributed by atoms with van der Waals surface area (Å²) in [5.41, 5.74) is 5.11. The molecule has 0 aromatic rings. The monoisotopic (exact) mass is 230 g/mol. The zero-order valence-electron chi connectivity index (χ0n) is 10.3. The van der Waals surface area contributed by atoms with E-state index in [1.54, 1.807) is 0 Å². The summed E-state index contributed by atoms with van der Waals surface area (Å²) in [5, 5.41) is 2.75. The molecule has 3 N–H and O–H groups in total. The summed E-state index contributed by atoms with van der Waals surface area (Å²) in [4.78, 5) is 11.4. The third kappa shape index (κ3) is 4.37. The average Bonchev–Trinajstić information content (AvgIpc) is 2.59. The molecule has 0 unspecified atom stereocenters. The summed E-state index contributed by atoms with van der Waals surface area (Å²) in [5.74, 6) is 0.303. The Bertz CT molecular complexity index is 238. The fourth-order valence-corrected chi connectivity index (χ4v) is 1.72. The molecule has 1 aliphatic heterocycles. The standard InChI is InChI=1S/C11H22N2O3/c1-11(2,3)16-10(14)13-7-8-4-5-15-9(8)6-12/h8-9H,4-7,12H2,1-3H3,(H,13,14)/t8-,9-/m1/s1. The molecule has 1 aliphatic rings. The third-order valence-electron chi connectivity index (χ3n) is 2.49. The zero-order valence-corrected chi connectivity index (χ0v) is 10.3. The average molecular weight is 230 g/mol. The van der Waals surface area contributed by atoms with Gasteiger partial charge in [-0.2, -0.15) is 0 Å². The predicted octanol–water partition coefficient (Wildman–Crippen LogP) is 0.875. The van der Waals surface area contributed by atoms with Crippen molar-refractivity contribution < 1.29 is 14.3 Å². The van der Waals surface area contributed by atoms with Gasteiger partial charge in [0.1, 0.15) is 5.60 Å². The molecule has 5 heteroatoms. The largest absolute Gasteiger partial charge is 0.444 e. The maximum Gasteiger partial charge on any atom is 0.407 e. The van der Waals surface area contributed by atoms with Crippen LogP contribution in [-0.2, 0) is 9.47 Å². The second-order valence-electron chi connectivity index (χ2n) is 5.08. The van der Waals surface area contributed by atoms with E-state index in [9.17, 15) is 4.79 Å².